The van der Waals surface area contributed by atoms with Crippen LogP contribution in [-0.2, 0) is 18.4 Å². The van der Waals surface area contributed by atoms with Gasteiger partial charge < -0.3 is 9.88 Å². The molecule has 0 aliphatic rings. The molecular formula is C22H20N6O. The topological polar surface area (TPSA) is 77.6 Å². The molecule has 2 aromatic carbocycles. The van der Waals surface area contributed by atoms with Gasteiger partial charge in [0.15, 0.2) is 5.65 Å². The molecule has 0 spiro atoms. The minimum Gasteiger partial charge on any atom is -0.323 e. The van der Waals surface area contributed by atoms with Crippen LogP contribution in [0, 0.1) is 6.92 Å². The Kier molecular flexibility index (Phi) is 4.01. The van der Waals surface area contributed by atoms with Crippen LogP contribution in [-0.4, -0.2) is 30.2 Å². The minimum absolute atomic E-state index is 0.0623. The van der Waals surface area contributed by atoms with E-state index in [0.29, 0.717) is 18.8 Å². The number of nitrogens with zero attached hydrogens (tertiary/aromatic N) is 5. The molecule has 0 bridgehead atoms. The lowest BCUT2D eigenvalue weighted by molar-refractivity contribution is -0.116. The number of para-hydroxylation sites is 3. The molecule has 0 aliphatic heterocycles. The number of rotatable bonds is 4. The molecule has 1 amide bonds. The second kappa shape index (κ2) is 6.70. The molecule has 0 radical (unpaired) electrons. The third-order valence-corrected chi connectivity index (χ3v) is 5.09. The van der Waals surface area contributed by atoms with E-state index in [4.69, 9.17) is 9.97 Å². The summed E-state index contributed by atoms with van der Waals surface area (Å²) < 4.78 is 3.75. The second-order valence-electron chi connectivity index (χ2n) is 7.15. The molecule has 144 valence electrons. The Labute approximate surface area is 167 Å². The number of benzene rings is 2. The monoisotopic (exact) mass is 384 g/mol. The number of carbonyl (C=O) groups excluding carboxylic acids is 1. The van der Waals surface area contributed by atoms with Crippen LogP contribution in [0.25, 0.3) is 33.1 Å². The Morgan fingerprint density at radius 1 is 1.03 bits per heavy atom. The molecule has 3 heterocycles. The summed E-state index contributed by atoms with van der Waals surface area (Å²) in [7, 11) is 1.82. The molecule has 1 N–H and O–H groups in total. The highest BCUT2D eigenvalue weighted by molar-refractivity contribution is 6.06. The Hall–Kier alpha value is -3.74. The summed E-state index contributed by atoms with van der Waals surface area (Å²) in [5, 5.41) is 8.24. The van der Waals surface area contributed by atoms with E-state index in [1.165, 1.54) is 0 Å². The van der Waals surface area contributed by atoms with Gasteiger partial charge in [-0.15, -0.1) is 0 Å². The van der Waals surface area contributed by atoms with Crippen molar-refractivity contribution in [3.63, 3.8) is 0 Å². The van der Waals surface area contributed by atoms with Crippen LogP contribution in [0.1, 0.15) is 12.1 Å². The number of nitrogens with one attached hydrogen (secondary N) is 1. The molecule has 0 saturated carbocycles. The van der Waals surface area contributed by atoms with Crippen LogP contribution in [0.3, 0.4) is 0 Å². The average Bonchev–Trinajstić information content (AvgIpc) is 3.20. The first-order valence-electron chi connectivity index (χ1n) is 9.54. The Morgan fingerprint density at radius 2 is 1.76 bits per heavy atom. The van der Waals surface area contributed by atoms with Gasteiger partial charge in [0.1, 0.15) is 11.3 Å². The highest BCUT2D eigenvalue weighted by Crippen LogP contribution is 2.28. The van der Waals surface area contributed by atoms with Crippen molar-refractivity contribution in [3.8, 4) is 0 Å². The third-order valence-electron chi connectivity index (χ3n) is 5.09. The van der Waals surface area contributed by atoms with Crippen LogP contribution in [0.4, 0.5) is 5.82 Å². The number of amides is 1. The van der Waals surface area contributed by atoms with E-state index in [1.54, 1.807) is 4.68 Å². The van der Waals surface area contributed by atoms with Crippen molar-refractivity contribution in [3.05, 3.63) is 60.3 Å². The highest BCUT2D eigenvalue weighted by atomic mass is 16.1. The fourth-order valence-corrected chi connectivity index (χ4v) is 3.76. The van der Waals surface area contributed by atoms with Crippen molar-refractivity contribution in [1.82, 2.24) is 24.3 Å². The molecule has 0 aliphatic carbocycles. The predicted octanol–water partition coefficient (Wildman–Crippen LogP) is 3.81. The minimum atomic E-state index is -0.0623. The van der Waals surface area contributed by atoms with E-state index in [0.717, 1.165) is 38.8 Å². The van der Waals surface area contributed by atoms with Crippen molar-refractivity contribution < 1.29 is 4.79 Å². The smallest absolute Gasteiger partial charge is 0.227 e. The largest absolute Gasteiger partial charge is 0.323 e. The van der Waals surface area contributed by atoms with Gasteiger partial charge in [-0.05, 0) is 25.1 Å². The Balaban J connectivity index is 1.52. The second-order valence-corrected chi connectivity index (χ2v) is 7.15. The summed E-state index contributed by atoms with van der Waals surface area (Å²) in [6.45, 7) is 2.41. The lowest BCUT2D eigenvalue weighted by Crippen LogP contribution is -2.16. The number of carbonyl (C=O) groups is 1. The maximum Gasteiger partial charge on any atom is 0.227 e. The van der Waals surface area contributed by atoms with Crippen LogP contribution in [0.2, 0.25) is 0 Å². The molecule has 5 rings (SSSR count). The van der Waals surface area contributed by atoms with E-state index in [9.17, 15) is 4.79 Å². The van der Waals surface area contributed by atoms with Crippen LogP contribution < -0.4 is 5.32 Å². The fourth-order valence-electron chi connectivity index (χ4n) is 3.76. The molecule has 0 saturated heterocycles. The van der Waals surface area contributed by atoms with Gasteiger partial charge in [0.05, 0.1) is 22.2 Å². The standard InChI is InChI=1S/C22H20N6O/c1-14-13-19(27(2)26-14)25-20(29)11-12-28-18-10-6-3-7-15(18)21-22(28)24-17-9-5-4-8-16(17)23-21/h3-10,13H,11-12H2,1-2H3,(H,25,29). The molecule has 7 nitrogen and oxygen atoms in total. The van der Waals surface area contributed by atoms with Crippen molar-refractivity contribution in [2.24, 2.45) is 7.05 Å². The summed E-state index contributed by atoms with van der Waals surface area (Å²) in [5.74, 6) is 0.633. The molecule has 0 unspecified atom stereocenters. The van der Waals surface area contributed by atoms with E-state index >= 15 is 0 Å². The fraction of sp³-hybridized carbons (Fsp3) is 0.182. The molecule has 29 heavy (non-hydrogen) atoms. The number of fused-ring (bicyclic) bond motifs is 4. The number of hydrogen-bond acceptors (Lipinski definition) is 4. The first-order chi connectivity index (χ1) is 14.1. The highest BCUT2D eigenvalue weighted by Gasteiger charge is 2.15. The summed E-state index contributed by atoms with van der Waals surface area (Å²) in [6, 6.07) is 17.8. The van der Waals surface area contributed by atoms with E-state index in [1.807, 2.05) is 62.5 Å². The van der Waals surface area contributed by atoms with Gasteiger partial charge in [-0.3, -0.25) is 9.48 Å². The Morgan fingerprint density at radius 3 is 2.52 bits per heavy atom. The summed E-state index contributed by atoms with van der Waals surface area (Å²) in [4.78, 5) is 22.2. The zero-order valence-electron chi connectivity index (χ0n) is 16.3. The quantitative estimate of drug-likeness (QED) is 0.511. The van der Waals surface area contributed by atoms with Crippen molar-refractivity contribution in [2.75, 3.05) is 5.32 Å². The maximum absolute atomic E-state index is 12.6. The van der Waals surface area contributed by atoms with Crippen molar-refractivity contribution >= 4 is 44.8 Å². The van der Waals surface area contributed by atoms with Gasteiger partial charge in [-0.1, -0.05) is 30.3 Å². The summed E-state index contributed by atoms with van der Waals surface area (Å²) in [6.07, 6.45) is 0.326. The number of anilines is 1. The summed E-state index contributed by atoms with van der Waals surface area (Å²) in [5.41, 5.74) is 5.27. The van der Waals surface area contributed by atoms with Gasteiger partial charge in [0, 0.05) is 31.5 Å². The van der Waals surface area contributed by atoms with Crippen LogP contribution in [0.15, 0.2) is 54.6 Å². The lowest BCUT2D eigenvalue weighted by atomic mass is 10.2. The van der Waals surface area contributed by atoms with Gasteiger partial charge in [-0.2, -0.15) is 5.10 Å². The van der Waals surface area contributed by atoms with E-state index in [-0.39, 0.29) is 5.91 Å². The zero-order valence-corrected chi connectivity index (χ0v) is 16.3. The molecular weight excluding hydrogens is 364 g/mol. The molecule has 7 heteroatoms. The van der Waals surface area contributed by atoms with E-state index < -0.39 is 0 Å². The van der Waals surface area contributed by atoms with Gasteiger partial charge in [-0.25, -0.2) is 9.97 Å². The lowest BCUT2D eigenvalue weighted by Gasteiger charge is -2.08. The SMILES string of the molecule is Cc1cc(NC(=O)CCn2c3ccccc3c3nc4ccccc4nc32)n(C)n1. The third kappa shape index (κ3) is 3.00. The number of hydrogen-bond donors (Lipinski definition) is 1. The molecule has 3 aromatic heterocycles. The maximum atomic E-state index is 12.6. The van der Waals surface area contributed by atoms with Crippen LogP contribution >= 0.6 is 0 Å². The van der Waals surface area contributed by atoms with Crippen molar-refractivity contribution in [2.45, 2.75) is 19.9 Å². The predicted molar refractivity (Wildman–Crippen MR) is 114 cm³/mol. The summed E-state index contributed by atoms with van der Waals surface area (Å²) >= 11 is 0. The van der Waals surface area contributed by atoms with E-state index in [2.05, 4.69) is 21.0 Å². The first-order valence-corrected chi connectivity index (χ1v) is 9.54. The molecule has 0 fully saturated rings. The average molecular weight is 384 g/mol. The Bertz CT molecular complexity index is 1380. The van der Waals surface area contributed by atoms with Crippen molar-refractivity contribution in [1.29, 1.82) is 0 Å². The molecule has 5 aromatic rings. The van der Waals surface area contributed by atoms with Gasteiger partial charge in [0.2, 0.25) is 5.91 Å². The number of aromatic nitrogens is 5. The van der Waals surface area contributed by atoms with Gasteiger partial charge >= 0.3 is 0 Å². The van der Waals surface area contributed by atoms with Gasteiger partial charge in [0.25, 0.3) is 0 Å². The van der Waals surface area contributed by atoms with Crippen LogP contribution in [0.5, 0.6) is 0 Å². The first kappa shape index (κ1) is 17.4. The zero-order chi connectivity index (χ0) is 20.0. The number of aryl methyl sites for hydroxylation is 3. The normalized spacial score (nSPS) is 11.5. The molecule has 0 atom stereocenters.